The van der Waals surface area contributed by atoms with E-state index in [1.807, 2.05) is 4.90 Å². The van der Waals surface area contributed by atoms with Gasteiger partial charge in [-0.05, 0) is 19.8 Å². The summed E-state index contributed by atoms with van der Waals surface area (Å²) in [6, 6.07) is 0. The molecule has 2 fully saturated rings. The number of aliphatic imine (C=N–C) groups is 1. The minimum Gasteiger partial charge on any atom is -0.368 e. The number of amides is 1. The van der Waals surface area contributed by atoms with Crippen LogP contribution in [0.1, 0.15) is 51.2 Å². The number of guanidine groups is 1. The molecule has 1 aromatic rings. The Morgan fingerprint density at radius 3 is 2.62 bits per heavy atom. The lowest BCUT2D eigenvalue weighted by Gasteiger charge is -2.37. The van der Waals surface area contributed by atoms with Gasteiger partial charge in [0.05, 0.1) is 10.7 Å². The third kappa shape index (κ3) is 5.92. The summed E-state index contributed by atoms with van der Waals surface area (Å²) >= 11 is 1.72. The number of rotatable bonds is 5. The number of nitrogens with zero attached hydrogens (tertiary/aromatic N) is 4. The Morgan fingerprint density at radius 2 is 2.03 bits per heavy atom. The number of carbonyl (C=O) groups excluding carboxylic acids is 1. The molecule has 29 heavy (non-hydrogen) atoms. The predicted octanol–water partition coefficient (Wildman–Crippen LogP) is 2.27. The highest BCUT2D eigenvalue weighted by Crippen LogP contribution is 2.24. The maximum Gasteiger partial charge on any atom is 0.251 e. The molecular weight excluding hydrogens is 386 g/mol. The topological polar surface area (TPSA) is 70.1 Å². The van der Waals surface area contributed by atoms with E-state index >= 15 is 0 Å². The molecule has 2 aliphatic heterocycles. The van der Waals surface area contributed by atoms with Crippen LogP contribution in [0.2, 0.25) is 0 Å². The Bertz CT molecular complexity index is 698. The van der Waals surface area contributed by atoms with Crippen molar-refractivity contribution >= 4 is 23.2 Å². The zero-order valence-corrected chi connectivity index (χ0v) is 19.1. The van der Waals surface area contributed by atoms with Crippen LogP contribution < -0.4 is 5.32 Å². The van der Waals surface area contributed by atoms with Gasteiger partial charge in [0, 0.05) is 63.1 Å². The summed E-state index contributed by atoms with van der Waals surface area (Å²) in [6.45, 7) is 14.0. The number of aromatic nitrogens is 1. The first-order chi connectivity index (χ1) is 13.9. The molecule has 2 aliphatic rings. The minimum absolute atomic E-state index is 0.0909. The van der Waals surface area contributed by atoms with Gasteiger partial charge in [0.2, 0.25) is 0 Å². The molecule has 3 heterocycles. The van der Waals surface area contributed by atoms with Crippen molar-refractivity contribution in [2.75, 3.05) is 45.9 Å². The van der Waals surface area contributed by atoms with Crippen molar-refractivity contribution in [3.05, 3.63) is 16.1 Å². The van der Waals surface area contributed by atoms with Crippen LogP contribution in [0.4, 0.5) is 0 Å². The van der Waals surface area contributed by atoms with Gasteiger partial charge in [0.25, 0.3) is 5.91 Å². The molecule has 0 radical (unpaired) electrons. The van der Waals surface area contributed by atoms with E-state index in [2.05, 4.69) is 43.3 Å². The molecule has 1 N–H and O–H groups in total. The lowest BCUT2D eigenvalue weighted by atomic mass is 9.93. The molecule has 1 atom stereocenters. The van der Waals surface area contributed by atoms with Crippen LogP contribution in [0.25, 0.3) is 0 Å². The highest BCUT2D eigenvalue weighted by atomic mass is 32.1. The van der Waals surface area contributed by atoms with Gasteiger partial charge in [-0.25, -0.2) is 4.98 Å². The van der Waals surface area contributed by atoms with Gasteiger partial charge >= 0.3 is 0 Å². The van der Waals surface area contributed by atoms with Crippen LogP contribution in [-0.2, 0) is 21.4 Å². The van der Waals surface area contributed by atoms with Crippen molar-refractivity contribution < 1.29 is 9.53 Å². The molecule has 1 aromatic heterocycles. The van der Waals surface area contributed by atoms with Crippen LogP contribution in [0.3, 0.4) is 0 Å². The number of ether oxygens (including phenoxy) is 1. The quantitative estimate of drug-likeness (QED) is 0.583. The average molecular weight is 422 g/mol. The monoisotopic (exact) mass is 421 g/mol. The molecule has 2 saturated heterocycles. The first-order valence-corrected chi connectivity index (χ1v) is 11.6. The standard InChI is InChI=1S/C21H35N5O2S/c1-5-22-20(23-9-8-18-24-17(15-29-18)21(2,3)4)26-12-10-25(11-13-26)19(27)16-7-6-14-28-16/h15-16H,5-14H2,1-4H3,(H,22,23). The van der Waals surface area contributed by atoms with Gasteiger partial charge in [-0.1, -0.05) is 20.8 Å². The predicted molar refractivity (Wildman–Crippen MR) is 118 cm³/mol. The zero-order valence-electron chi connectivity index (χ0n) is 18.2. The Balaban J connectivity index is 1.51. The summed E-state index contributed by atoms with van der Waals surface area (Å²) in [6.07, 6.45) is 2.48. The summed E-state index contributed by atoms with van der Waals surface area (Å²) < 4.78 is 5.55. The molecule has 3 rings (SSSR count). The second-order valence-corrected chi connectivity index (χ2v) is 9.62. The van der Waals surface area contributed by atoms with Crippen molar-refractivity contribution in [2.45, 2.75) is 58.5 Å². The summed E-state index contributed by atoms with van der Waals surface area (Å²) in [4.78, 5) is 26.3. The molecule has 7 nitrogen and oxygen atoms in total. The van der Waals surface area contributed by atoms with Gasteiger partial charge in [0.1, 0.15) is 6.10 Å². The van der Waals surface area contributed by atoms with E-state index in [1.54, 1.807) is 11.3 Å². The largest absolute Gasteiger partial charge is 0.368 e. The molecule has 0 spiro atoms. The van der Waals surface area contributed by atoms with Gasteiger partial charge in [-0.3, -0.25) is 9.79 Å². The lowest BCUT2D eigenvalue weighted by molar-refractivity contribution is -0.142. The van der Waals surface area contributed by atoms with E-state index in [1.165, 1.54) is 0 Å². The fourth-order valence-corrected chi connectivity index (χ4v) is 4.58. The second-order valence-electron chi connectivity index (χ2n) is 8.68. The number of piperazine rings is 1. The van der Waals surface area contributed by atoms with Gasteiger partial charge in [-0.2, -0.15) is 0 Å². The first-order valence-electron chi connectivity index (χ1n) is 10.8. The van der Waals surface area contributed by atoms with Crippen molar-refractivity contribution in [2.24, 2.45) is 4.99 Å². The van der Waals surface area contributed by atoms with Crippen molar-refractivity contribution in [3.63, 3.8) is 0 Å². The van der Waals surface area contributed by atoms with Gasteiger partial charge in [0.15, 0.2) is 5.96 Å². The average Bonchev–Trinajstić information content (AvgIpc) is 3.39. The van der Waals surface area contributed by atoms with Crippen molar-refractivity contribution in [1.29, 1.82) is 0 Å². The number of hydrogen-bond donors (Lipinski definition) is 1. The Kier molecular flexibility index (Phi) is 7.51. The molecule has 0 saturated carbocycles. The smallest absolute Gasteiger partial charge is 0.251 e. The summed E-state index contributed by atoms with van der Waals surface area (Å²) in [5, 5.41) is 6.70. The fraction of sp³-hybridized carbons (Fsp3) is 0.762. The van der Waals surface area contributed by atoms with Crippen molar-refractivity contribution in [3.8, 4) is 0 Å². The number of thiazole rings is 1. The highest BCUT2D eigenvalue weighted by molar-refractivity contribution is 7.09. The van der Waals surface area contributed by atoms with Crippen LogP contribution in [0.5, 0.6) is 0 Å². The lowest BCUT2D eigenvalue weighted by Crippen LogP contribution is -2.55. The summed E-state index contributed by atoms with van der Waals surface area (Å²) in [7, 11) is 0. The van der Waals surface area contributed by atoms with Crippen LogP contribution >= 0.6 is 11.3 Å². The van der Waals surface area contributed by atoms with Gasteiger partial charge < -0.3 is 19.9 Å². The number of carbonyl (C=O) groups is 1. The molecular formula is C21H35N5O2S. The molecule has 1 unspecified atom stereocenters. The summed E-state index contributed by atoms with van der Waals surface area (Å²) in [5.74, 6) is 1.09. The van der Waals surface area contributed by atoms with E-state index in [0.717, 1.165) is 68.6 Å². The Labute approximate surface area is 178 Å². The molecule has 0 aliphatic carbocycles. The highest BCUT2D eigenvalue weighted by Gasteiger charge is 2.30. The Hall–Kier alpha value is -1.67. The van der Waals surface area contributed by atoms with E-state index in [4.69, 9.17) is 14.7 Å². The van der Waals surface area contributed by atoms with Crippen LogP contribution in [0, 0.1) is 0 Å². The number of hydrogen-bond acceptors (Lipinski definition) is 5. The molecule has 8 heteroatoms. The maximum atomic E-state index is 12.5. The second kappa shape index (κ2) is 9.89. The summed E-state index contributed by atoms with van der Waals surface area (Å²) in [5.41, 5.74) is 1.24. The Morgan fingerprint density at radius 1 is 1.31 bits per heavy atom. The van der Waals surface area contributed by atoms with E-state index in [0.29, 0.717) is 13.2 Å². The normalized spacial score (nSPS) is 21.0. The zero-order chi connectivity index (χ0) is 20.9. The van der Waals surface area contributed by atoms with Crippen LogP contribution in [0.15, 0.2) is 10.4 Å². The fourth-order valence-electron chi connectivity index (χ4n) is 3.57. The van der Waals surface area contributed by atoms with E-state index < -0.39 is 0 Å². The third-order valence-corrected chi connectivity index (χ3v) is 6.25. The molecule has 1 amide bonds. The molecule has 0 aromatic carbocycles. The maximum absolute atomic E-state index is 12.5. The number of nitrogens with one attached hydrogen (secondary N) is 1. The SMILES string of the molecule is CCNC(=NCCc1nc(C(C)(C)C)cs1)N1CCN(C(=O)C2CCCO2)CC1. The van der Waals surface area contributed by atoms with E-state index in [9.17, 15) is 4.79 Å². The van der Waals surface area contributed by atoms with Crippen LogP contribution in [-0.4, -0.2) is 78.6 Å². The minimum atomic E-state index is -0.222. The van der Waals surface area contributed by atoms with Gasteiger partial charge in [-0.15, -0.1) is 11.3 Å². The molecule has 162 valence electrons. The molecule has 0 bridgehead atoms. The third-order valence-electron chi connectivity index (χ3n) is 5.34. The first kappa shape index (κ1) is 22.0. The van der Waals surface area contributed by atoms with Crippen molar-refractivity contribution in [1.82, 2.24) is 20.1 Å². The van der Waals surface area contributed by atoms with E-state index in [-0.39, 0.29) is 17.4 Å².